The number of nitrogens with one attached hydrogen (secondary N) is 2. The highest BCUT2D eigenvalue weighted by Gasteiger charge is 2.44. The maximum absolute atomic E-state index is 13.5. The van der Waals surface area contributed by atoms with E-state index >= 15 is 0 Å². The normalized spacial score (nSPS) is 15.2. The van der Waals surface area contributed by atoms with E-state index in [0.29, 0.717) is 18.1 Å². The molecular formula is C20H23F4IN4O. The van der Waals surface area contributed by atoms with Crippen LogP contribution < -0.4 is 15.4 Å². The summed E-state index contributed by atoms with van der Waals surface area (Å²) in [5, 5.41) is 6.26. The van der Waals surface area contributed by atoms with Crippen molar-refractivity contribution in [1.29, 1.82) is 0 Å². The number of hydrogen-bond acceptors (Lipinski definition) is 3. The lowest BCUT2D eigenvalue weighted by molar-refractivity contribution is -0.154. The van der Waals surface area contributed by atoms with Gasteiger partial charge in [0.2, 0.25) is 5.88 Å². The Labute approximate surface area is 189 Å². The molecule has 30 heavy (non-hydrogen) atoms. The Hall–Kier alpha value is -2.11. The molecule has 1 aliphatic carbocycles. The minimum absolute atomic E-state index is 0. The molecule has 0 bridgehead atoms. The molecule has 164 valence electrons. The van der Waals surface area contributed by atoms with Crippen LogP contribution in [0.4, 0.5) is 17.6 Å². The zero-order valence-electron chi connectivity index (χ0n) is 16.3. The molecule has 0 spiro atoms. The monoisotopic (exact) mass is 538 g/mol. The van der Waals surface area contributed by atoms with Crippen LogP contribution in [0.3, 0.4) is 0 Å². The Morgan fingerprint density at radius 2 is 1.97 bits per heavy atom. The van der Waals surface area contributed by atoms with Gasteiger partial charge >= 0.3 is 6.18 Å². The first kappa shape index (κ1) is 24.2. The number of aromatic nitrogens is 1. The van der Waals surface area contributed by atoms with Crippen LogP contribution in [-0.4, -0.2) is 37.3 Å². The molecule has 1 fully saturated rings. The molecule has 0 unspecified atom stereocenters. The number of benzene rings is 1. The van der Waals surface area contributed by atoms with Crippen molar-refractivity contribution >= 4 is 29.9 Å². The van der Waals surface area contributed by atoms with E-state index in [4.69, 9.17) is 4.74 Å². The zero-order valence-corrected chi connectivity index (χ0v) is 18.6. The van der Waals surface area contributed by atoms with Gasteiger partial charge in [0.1, 0.15) is 5.82 Å². The van der Waals surface area contributed by atoms with Crippen molar-refractivity contribution in [3.8, 4) is 5.88 Å². The van der Waals surface area contributed by atoms with Gasteiger partial charge in [-0.25, -0.2) is 9.37 Å². The number of aliphatic imine (C=N–C) groups is 1. The van der Waals surface area contributed by atoms with E-state index in [1.165, 1.54) is 12.3 Å². The first-order valence-electron chi connectivity index (χ1n) is 9.15. The van der Waals surface area contributed by atoms with Crippen molar-refractivity contribution in [2.45, 2.75) is 31.0 Å². The standard InChI is InChI=1S/C20H22F4N4O.HI/c1-25-18(28-12-19(7-8-19)15-5-2-6-16(21)10-15)27-11-14-4-3-9-26-17(14)29-13-20(22,23)24;/h2-6,9-10H,7-8,11-13H2,1H3,(H2,25,27,28);1H. The van der Waals surface area contributed by atoms with Crippen molar-refractivity contribution in [1.82, 2.24) is 15.6 Å². The quantitative estimate of drug-likeness (QED) is 0.241. The smallest absolute Gasteiger partial charge is 0.422 e. The van der Waals surface area contributed by atoms with Crippen LogP contribution in [0.2, 0.25) is 0 Å². The number of alkyl halides is 3. The van der Waals surface area contributed by atoms with Crippen LogP contribution in [0, 0.1) is 5.82 Å². The van der Waals surface area contributed by atoms with Crippen LogP contribution in [0.1, 0.15) is 24.0 Å². The number of pyridine rings is 1. The van der Waals surface area contributed by atoms with Gasteiger partial charge < -0.3 is 15.4 Å². The fraction of sp³-hybridized carbons (Fsp3) is 0.400. The second-order valence-corrected chi connectivity index (χ2v) is 6.94. The third kappa shape index (κ3) is 6.71. The van der Waals surface area contributed by atoms with Gasteiger partial charge in [0.15, 0.2) is 12.6 Å². The number of halogens is 5. The molecule has 1 saturated carbocycles. The maximum atomic E-state index is 13.5. The van der Waals surface area contributed by atoms with Gasteiger partial charge in [-0.3, -0.25) is 4.99 Å². The fourth-order valence-electron chi connectivity index (χ4n) is 3.03. The summed E-state index contributed by atoms with van der Waals surface area (Å²) >= 11 is 0. The number of hydrogen-bond donors (Lipinski definition) is 2. The first-order valence-corrected chi connectivity index (χ1v) is 9.15. The van der Waals surface area contributed by atoms with E-state index in [-0.39, 0.29) is 47.6 Å². The summed E-state index contributed by atoms with van der Waals surface area (Å²) in [6.07, 6.45) is -1.18. The molecule has 2 N–H and O–H groups in total. The van der Waals surface area contributed by atoms with Gasteiger partial charge in [0, 0.05) is 37.3 Å². The van der Waals surface area contributed by atoms with Gasteiger partial charge in [-0.15, -0.1) is 24.0 Å². The number of guanidine groups is 1. The lowest BCUT2D eigenvalue weighted by Gasteiger charge is -2.19. The topological polar surface area (TPSA) is 58.5 Å². The molecule has 0 amide bonds. The van der Waals surface area contributed by atoms with Gasteiger partial charge in [0.25, 0.3) is 0 Å². The predicted molar refractivity (Wildman–Crippen MR) is 117 cm³/mol. The molecule has 0 saturated heterocycles. The molecule has 5 nitrogen and oxygen atoms in total. The maximum Gasteiger partial charge on any atom is 0.422 e. The lowest BCUT2D eigenvalue weighted by Crippen LogP contribution is -2.41. The molecule has 1 aliphatic rings. The minimum atomic E-state index is -4.44. The molecular weight excluding hydrogens is 515 g/mol. The molecule has 3 rings (SSSR count). The third-order valence-corrected chi connectivity index (χ3v) is 4.78. The number of rotatable bonds is 7. The summed E-state index contributed by atoms with van der Waals surface area (Å²) in [6.45, 7) is -0.644. The van der Waals surface area contributed by atoms with Crippen LogP contribution in [0.25, 0.3) is 0 Å². The lowest BCUT2D eigenvalue weighted by atomic mass is 9.96. The minimum Gasteiger partial charge on any atom is -0.468 e. The Morgan fingerprint density at radius 1 is 1.20 bits per heavy atom. The Bertz CT molecular complexity index is 872. The molecule has 10 heteroatoms. The molecule has 1 aromatic heterocycles. The Kier molecular flexibility index (Phi) is 8.27. The second kappa shape index (κ2) is 10.3. The third-order valence-electron chi connectivity index (χ3n) is 4.78. The zero-order chi connectivity index (χ0) is 20.9. The van der Waals surface area contributed by atoms with Crippen LogP contribution >= 0.6 is 24.0 Å². The van der Waals surface area contributed by atoms with E-state index in [2.05, 4.69) is 20.6 Å². The number of ether oxygens (including phenoxy) is 1. The SMILES string of the molecule is CN=C(NCc1cccnc1OCC(F)(F)F)NCC1(c2cccc(F)c2)CC1.I. The summed E-state index contributed by atoms with van der Waals surface area (Å²) in [7, 11) is 1.60. The Morgan fingerprint density at radius 3 is 2.60 bits per heavy atom. The molecule has 0 radical (unpaired) electrons. The number of nitrogens with zero attached hydrogens (tertiary/aromatic N) is 2. The highest BCUT2D eigenvalue weighted by atomic mass is 127. The average Bonchev–Trinajstić information content (AvgIpc) is 3.48. The van der Waals surface area contributed by atoms with Gasteiger partial charge in [-0.05, 0) is 36.6 Å². The first-order chi connectivity index (χ1) is 13.8. The molecule has 0 atom stereocenters. The molecule has 1 heterocycles. The summed E-state index contributed by atoms with van der Waals surface area (Å²) in [6, 6.07) is 9.83. The van der Waals surface area contributed by atoms with Gasteiger partial charge in [0.05, 0.1) is 0 Å². The van der Waals surface area contributed by atoms with Crippen molar-refractivity contribution in [3.05, 3.63) is 59.5 Å². The van der Waals surface area contributed by atoms with E-state index in [0.717, 1.165) is 18.4 Å². The molecule has 1 aromatic carbocycles. The van der Waals surface area contributed by atoms with Crippen molar-refractivity contribution in [2.24, 2.45) is 4.99 Å². The highest BCUT2D eigenvalue weighted by Crippen LogP contribution is 2.47. The summed E-state index contributed by atoms with van der Waals surface area (Å²) < 4.78 is 55.5. The largest absolute Gasteiger partial charge is 0.468 e. The highest BCUT2D eigenvalue weighted by molar-refractivity contribution is 14.0. The van der Waals surface area contributed by atoms with Gasteiger partial charge in [-0.2, -0.15) is 13.2 Å². The summed E-state index contributed by atoms with van der Waals surface area (Å²) in [5.74, 6) is 0.142. The molecule has 2 aromatic rings. The van der Waals surface area contributed by atoms with Gasteiger partial charge in [-0.1, -0.05) is 18.2 Å². The van der Waals surface area contributed by atoms with Crippen LogP contribution in [0.5, 0.6) is 5.88 Å². The van der Waals surface area contributed by atoms with E-state index < -0.39 is 12.8 Å². The summed E-state index contributed by atoms with van der Waals surface area (Å²) in [5.41, 5.74) is 1.29. The fourth-order valence-corrected chi connectivity index (χ4v) is 3.03. The Balaban J connectivity index is 0.00000320. The van der Waals surface area contributed by atoms with E-state index in [1.807, 2.05) is 6.07 Å². The van der Waals surface area contributed by atoms with Crippen molar-refractivity contribution < 1.29 is 22.3 Å². The van der Waals surface area contributed by atoms with Crippen molar-refractivity contribution in [2.75, 3.05) is 20.2 Å². The van der Waals surface area contributed by atoms with E-state index in [9.17, 15) is 17.6 Å². The van der Waals surface area contributed by atoms with E-state index in [1.54, 1.807) is 31.3 Å². The molecule has 0 aliphatic heterocycles. The second-order valence-electron chi connectivity index (χ2n) is 6.94. The van der Waals surface area contributed by atoms with Crippen molar-refractivity contribution in [3.63, 3.8) is 0 Å². The average molecular weight is 538 g/mol. The van der Waals surface area contributed by atoms with Crippen LogP contribution in [-0.2, 0) is 12.0 Å². The predicted octanol–water partition coefficient (Wildman–Crippen LogP) is 4.18. The summed E-state index contributed by atoms with van der Waals surface area (Å²) in [4.78, 5) is 8.01. The van der Waals surface area contributed by atoms with Crippen LogP contribution in [0.15, 0.2) is 47.6 Å².